The molecular weight excluding hydrogens is 357 g/mol. The standard InChI is InChI=1S/C19H17Cl2N3O/c1-12-10-22-13(2)24(12)11-14-4-3-5-16(8-14)23-19(25)15-6-7-17(20)18(21)9-15/h3-10H,11H2,1-2H3,(H,23,25). The van der Waals surface area contributed by atoms with Crippen molar-refractivity contribution in [3.8, 4) is 0 Å². The van der Waals surface area contributed by atoms with E-state index in [1.165, 1.54) is 0 Å². The van der Waals surface area contributed by atoms with Crippen molar-refractivity contribution in [1.82, 2.24) is 9.55 Å². The number of hydrogen-bond donors (Lipinski definition) is 1. The Morgan fingerprint density at radius 3 is 2.60 bits per heavy atom. The van der Waals surface area contributed by atoms with Crippen LogP contribution in [0.25, 0.3) is 0 Å². The van der Waals surface area contributed by atoms with Gasteiger partial charge < -0.3 is 9.88 Å². The van der Waals surface area contributed by atoms with Gasteiger partial charge in [0, 0.05) is 29.7 Å². The van der Waals surface area contributed by atoms with Crippen LogP contribution in [0.2, 0.25) is 10.0 Å². The van der Waals surface area contributed by atoms with Gasteiger partial charge in [0.15, 0.2) is 0 Å². The molecular formula is C19H17Cl2N3O. The van der Waals surface area contributed by atoms with E-state index in [0.717, 1.165) is 22.8 Å². The number of carbonyl (C=O) groups is 1. The van der Waals surface area contributed by atoms with E-state index >= 15 is 0 Å². The molecule has 1 amide bonds. The number of anilines is 1. The fourth-order valence-corrected chi connectivity index (χ4v) is 2.89. The Morgan fingerprint density at radius 2 is 1.92 bits per heavy atom. The molecule has 1 aromatic heterocycles. The van der Waals surface area contributed by atoms with Gasteiger partial charge in [-0.05, 0) is 49.7 Å². The average molecular weight is 374 g/mol. The maximum Gasteiger partial charge on any atom is 0.255 e. The lowest BCUT2D eigenvalue weighted by Crippen LogP contribution is -2.12. The van der Waals surface area contributed by atoms with Crippen LogP contribution < -0.4 is 5.32 Å². The Kier molecular flexibility index (Phi) is 5.11. The molecule has 3 rings (SSSR count). The molecule has 128 valence electrons. The highest BCUT2D eigenvalue weighted by Crippen LogP contribution is 2.23. The van der Waals surface area contributed by atoms with E-state index in [-0.39, 0.29) is 5.91 Å². The van der Waals surface area contributed by atoms with Gasteiger partial charge in [-0.1, -0.05) is 35.3 Å². The highest BCUT2D eigenvalue weighted by Gasteiger charge is 2.09. The Morgan fingerprint density at radius 1 is 1.12 bits per heavy atom. The third-order valence-electron chi connectivity index (χ3n) is 3.96. The van der Waals surface area contributed by atoms with Crippen LogP contribution in [-0.2, 0) is 6.54 Å². The molecule has 0 radical (unpaired) electrons. The maximum absolute atomic E-state index is 12.4. The molecule has 0 spiro atoms. The van der Waals surface area contributed by atoms with E-state index < -0.39 is 0 Å². The molecule has 1 N–H and O–H groups in total. The topological polar surface area (TPSA) is 46.9 Å². The first kappa shape index (κ1) is 17.5. The third kappa shape index (κ3) is 4.03. The summed E-state index contributed by atoms with van der Waals surface area (Å²) in [7, 11) is 0. The predicted octanol–water partition coefficient (Wildman–Crippen LogP) is 5.11. The summed E-state index contributed by atoms with van der Waals surface area (Å²) in [5, 5.41) is 3.67. The van der Waals surface area contributed by atoms with Crippen molar-refractivity contribution in [3.63, 3.8) is 0 Å². The first-order chi connectivity index (χ1) is 11.9. The molecule has 0 bridgehead atoms. The van der Waals surface area contributed by atoms with Crippen molar-refractivity contribution in [1.29, 1.82) is 0 Å². The summed E-state index contributed by atoms with van der Waals surface area (Å²) >= 11 is 11.9. The number of aryl methyl sites for hydroxylation is 2. The van der Waals surface area contributed by atoms with Crippen molar-refractivity contribution in [3.05, 3.63) is 81.4 Å². The number of hydrogen-bond acceptors (Lipinski definition) is 2. The van der Waals surface area contributed by atoms with Crippen molar-refractivity contribution in [2.75, 3.05) is 5.32 Å². The number of imidazole rings is 1. The number of amides is 1. The number of aromatic nitrogens is 2. The molecule has 0 atom stereocenters. The third-order valence-corrected chi connectivity index (χ3v) is 4.70. The zero-order chi connectivity index (χ0) is 18.0. The molecule has 4 nitrogen and oxygen atoms in total. The quantitative estimate of drug-likeness (QED) is 0.690. The lowest BCUT2D eigenvalue weighted by molar-refractivity contribution is 0.102. The van der Waals surface area contributed by atoms with E-state index in [1.807, 2.05) is 44.3 Å². The zero-order valence-electron chi connectivity index (χ0n) is 13.9. The van der Waals surface area contributed by atoms with Crippen LogP contribution in [0.15, 0.2) is 48.7 Å². The summed E-state index contributed by atoms with van der Waals surface area (Å²) in [6.45, 7) is 4.70. The van der Waals surface area contributed by atoms with Gasteiger partial charge in [0.25, 0.3) is 5.91 Å². The second kappa shape index (κ2) is 7.30. The molecule has 0 aliphatic carbocycles. The molecule has 0 saturated heterocycles. The van der Waals surface area contributed by atoms with Crippen LogP contribution in [0.4, 0.5) is 5.69 Å². The second-order valence-electron chi connectivity index (χ2n) is 5.82. The van der Waals surface area contributed by atoms with Gasteiger partial charge in [0.1, 0.15) is 5.82 Å². The van der Waals surface area contributed by atoms with Gasteiger partial charge in [-0.15, -0.1) is 0 Å². The van der Waals surface area contributed by atoms with Crippen LogP contribution in [0, 0.1) is 13.8 Å². The Labute approximate surface area is 156 Å². The first-order valence-corrected chi connectivity index (χ1v) is 8.53. The number of rotatable bonds is 4. The van der Waals surface area contributed by atoms with Crippen LogP contribution in [0.1, 0.15) is 27.4 Å². The highest BCUT2D eigenvalue weighted by atomic mass is 35.5. The first-order valence-electron chi connectivity index (χ1n) is 7.78. The summed E-state index contributed by atoms with van der Waals surface area (Å²) in [6.07, 6.45) is 1.85. The summed E-state index contributed by atoms with van der Waals surface area (Å²) in [6, 6.07) is 12.6. The molecule has 2 aromatic carbocycles. The van der Waals surface area contributed by atoms with Crippen molar-refractivity contribution in [2.24, 2.45) is 0 Å². The number of nitrogens with one attached hydrogen (secondary N) is 1. The smallest absolute Gasteiger partial charge is 0.255 e. The number of carbonyl (C=O) groups excluding carboxylic acids is 1. The summed E-state index contributed by atoms with van der Waals surface area (Å²) in [4.78, 5) is 16.7. The normalized spacial score (nSPS) is 10.7. The molecule has 25 heavy (non-hydrogen) atoms. The van der Waals surface area contributed by atoms with Crippen LogP contribution in [0.3, 0.4) is 0 Å². The second-order valence-corrected chi connectivity index (χ2v) is 6.63. The summed E-state index contributed by atoms with van der Waals surface area (Å²) < 4.78 is 2.12. The molecule has 0 saturated carbocycles. The highest BCUT2D eigenvalue weighted by molar-refractivity contribution is 6.42. The van der Waals surface area contributed by atoms with Crippen molar-refractivity contribution >= 4 is 34.8 Å². The summed E-state index contributed by atoms with van der Waals surface area (Å²) in [5.74, 6) is 0.730. The van der Waals surface area contributed by atoms with E-state index in [4.69, 9.17) is 23.2 Å². The molecule has 0 unspecified atom stereocenters. The maximum atomic E-state index is 12.4. The minimum absolute atomic E-state index is 0.231. The minimum Gasteiger partial charge on any atom is -0.328 e. The predicted molar refractivity (Wildman–Crippen MR) is 102 cm³/mol. The largest absolute Gasteiger partial charge is 0.328 e. The van der Waals surface area contributed by atoms with E-state index in [1.54, 1.807) is 18.2 Å². The van der Waals surface area contributed by atoms with E-state index in [9.17, 15) is 4.79 Å². The van der Waals surface area contributed by atoms with Gasteiger partial charge in [-0.25, -0.2) is 4.98 Å². The van der Waals surface area contributed by atoms with Gasteiger partial charge in [0.2, 0.25) is 0 Å². The SMILES string of the molecule is Cc1cnc(C)n1Cc1cccc(NC(=O)c2ccc(Cl)c(Cl)c2)c1. The summed E-state index contributed by atoms with van der Waals surface area (Å²) in [5.41, 5.74) is 3.36. The van der Waals surface area contributed by atoms with Crippen LogP contribution in [0.5, 0.6) is 0 Å². The fourth-order valence-electron chi connectivity index (χ4n) is 2.59. The number of halogens is 2. The van der Waals surface area contributed by atoms with E-state index in [0.29, 0.717) is 22.2 Å². The monoisotopic (exact) mass is 373 g/mol. The molecule has 0 aliphatic rings. The molecule has 3 aromatic rings. The Bertz CT molecular complexity index is 915. The van der Waals surface area contributed by atoms with Crippen LogP contribution in [-0.4, -0.2) is 15.5 Å². The van der Waals surface area contributed by atoms with Crippen molar-refractivity contribution < 1.29 is 4.79 Å². The minimum atomic E-state index is -0.231. The van der Waals surface area contributed by atoms with Crippen molar-refractivity contribution in [2.45, 2.75) is 20.4 Å². The van der Waals surface area contributed by atoms with Gasteiger partial charge in [-0.3, -0.25) is 4.79 Å². The average Bonchev–Trinajstić information content (AvgIpc) is 2.89. The van der Waals surface area contributed by atoms with Gasteiger partial charge >= 0.3 is 0 Å². The number of nitrogens with zero attached hydrogens (tertiary/aromatic N) is 2. The Balaban J connectivity index is 1.77. The van der Waals surface area contributed by atoms with Gasteiger partial charge in [0.05, 0.1) is 10.0 Å². The lowest BCUT2D eigenvalue weighted by Gasteiger charge is -2.11. The zero-order valence-corrected chi connectivity index (χ0v) is 15.4. The molecule has 6 heteroatoms. The number of benzene rings is 2. The molecule has 1 heterocycles. The lowest BCUT2D eigenvalue weighted by atomic mass is 10.1. The molecule has 0 aliphatic heterocycles. The van der Waals surface area contributed by atoms with Gasteiger partial charge in [-0.2, -0.15) is 0 Å². The van der Waals surface area contributed by atoms with Crippen LogP contribution >= 0.6 is 23.2 Å². The Hall–Kier alpha value is -2.30. The molecule has 0 fully saturated rings. The van der Waals surface area contributed by atoms with E-state index in [2.05, 4.69) is 14.9 Å². The fraction of sp³-hybridized carbons (Fsp3) is 0.158.